The molecule has 0 spiro atoms. The predicted octanol–water partition coefficient (Wildman–Crippen LogP) is 4.68. The Morgan fingerprint density at radius 3 is 3.00 bits per heavy atom. The molecule has 0 saturated heterocycles. The fourth-order valence-corrected chi connectivity index (χ4v) is 2.89. The van der Waals surface area contributed by atoms with Crippen LogP contribution in [-0.4, -0.2) is 21.8 Å². The van der Waals surface area contributed by atoms with Gasteiger partial charge in [-0.1, -0.05) is 26.0 Å². The van der Waals surface area contributed by atoms with Gasteiger partial charge < -0.3 is 4.42 Å². The molecule has 0 bridgehead atoms. The lowest BCUT2D eigenvalue weighted by Gasteiger charge is -2.21. The number of furan rings is 1. The van der Waals surface area contributed by atoms with Crippen LogP contribution in [0, 0.1) is 0 Å². The molecule has 3 heterocycles. The Balaban J connectivity index is 2.22. The Labute approximate surface area is 148 Å². The second kappa shape index (κ2) is 7.05. The van der Waals surface area contributed by atoms with Crippen molar-refractivity contribution < 1.29 is 9.21 Å². The van der Waals surface area contributed by atoms with E-state index in [9.17, 15) is 4.79 Å². The third-order valence-electron chi connectivity index (χ3n) is 3.74. The van der Waals surface area contributed by atoms with E-state index in [0.717, 1.165) is 23.0 Å². The molecule has 124 valence electrons. The van der Waals surface area contributed by atoms with Gasteiger partial charge in [0.25, 0.3) is 5.91 Å². The number of carbonyl (C=O) groups is 1. The summed E-state index contributed by atoms with van der Waals surface area (Å²) in [6, 6.07) is 7.58. The molecular weight excluding hydrogens is 370 g/mol. The van der Waals surface area contributed by atoms with Crippen molar-refractivity contribution in [1.82, 2.24) is 9.38 Å². The third kappa shape index (κ3) is 3.01. The highest BCUT2D eigenvalue weighted by Crippen LogP contribution is 2.34. The molecule has 3 aromatic heterocycles. The average molecular weight is 388 g/mol. The first-order valence-electron chi connectivity index (χ1n) is 7.81. The highest BCUT2D eigenvalue weighted by atomic mass is 79.9. The van der Waals surface area contributed by atoms with Crippen LogP contribution in [0.4, 0.5) is 5.82 Å². The minimum absolute atomic E-state index is 0.152. The summed E-state index contributed by atoms with van der Waals surface area (Å²) in [7, 11) is 0. The number of amides is 1. The molecule has 5 nitrogen and oxygen atoms in total. The molecule has 0 aliphatic carbocycles. The molecule has 0 aromatic carbocycles. The SMILES string of the molecule is C=CC(=O)N(CCCC)c1c(-c2cc(Br)co2)nc2ccccn12. The molecule has 1 amide bonds. The van der Waals surface area contributed by atoms with Gasteiger partial charge in [0, 0.05) is 18.8 Å². The van der Waals surface area contributed by atoms with Crippen molar-refractivity contribution in [1.29, 1.82) is 0 Å². The second-order valence-corrected chi connectivity index (χ2v) is 6.31. The Bertz CT molecular complexity index is 881. The summed E-state index contributed by atoms with van der Waals surface area (Å²) in [4.78, 5) is 18.8. The van der Waals surface area contributed by atoms with Gasteiger partial charge in [-0.2, -0.15) is 0 Å². The maximum Gasteiger partial charge on any atom is 0.251 e. The number of hydrogen-bond acceptors (Lipinski definition) is 3. The lowest BCUT2D eigenvalue weighted by molar-refractivity contribution is -0.114. The van der Waals surface area contributed by atoms with Crippen molar-refractivity contribution in [2.24, 2.45) is 0 Å². The van der Waals surface area contributed by atoms with E-state index in [1.165, 1.54) is 6.08 Å². The maximum atomic E-state index is 12.5. The number of fused-ring (bicyclic) bond motifs is 1. The summed E-state index contributed by atoms with van der Waals surface area (Å²) >= 11 is 3.39. The highest BCUT2D eigenvalue weighted by Gasteiger charge is 2.24. The number of anilines is 1. The van der Waals surface area contributed by atoms with Crippen molar-refractivity contribution in [3.05, 3.63) is 53.9 Å². The van der Waals surface area contributed by atoms with Crippen LogP contribution in [0.2, 0.25) is 0 Å². The Hall–Kier alpha value is -2.34. The van der Waals surface area contributed by atoms with Crippen molar-refractivity contribution in [3.8, 4) is 11.5 Å². The smallest absolute Gasteiger partial charge is 0.251 e. The van der Waals surface area contributed by atoms with Gasteiger partial charge in [-0.15, -0.1) is 0 Å². The first-order valence-corrected chi connectivity index (χ1v) is 8.60. The van der Waals surface area contributed by atoms with E-state index in [1.54, 1.807) is 11.2 Å². The summed E-state index contributed by atoms with van der Waals surface area (Å²) in [5.41, 5.74) is 1.39. The van der Waals surface area contributed by atoms with Gasteiger partial charge in [-0.25, -0.2) is 4.98 Å². The van der Waals surface area contributed by atoms with Crippen molar-refractivity contribution >= 4 is 33.3 Å². The molecule has 3 aromatic rings. The topological polar surface area (TPSA) is 50.8 Å². The zero-order chi connectivity index (χ0) is 17.1. The largest absolute Gasteiger partial charge is 0.461 e. The van der Waals surface area contributed by atoms with Crippen LogP contribution in [0.5, 0.6) is 0 Å². The fourth-order valence-electron chi connectivity index (χ4n) is 2.59. The maximum absolute atomic E-state index is 12.5. The van der Waals surface area contributed by atoms with E-state index in [1.807, 2.05) is 34.9 Å². The van der Waals surface area contributed by atoms with Crippen LogP contribution in [0.3, 0.4) is 0 Å². The minimum Gasteiger partial charge on any atom is -0.461 e. The van der Waals surface area contributed by atoms with Crippen molar-refractivity contribution in [2.75, 3.05) is 11.4 Å². The van der Waals surface area contributed by atoms with E-state index in [4.69, 9.17) is 4.42 Å². The average Bonchev–Trinajstić information content (AvgIpc) is 3.19. The number of rotatable bonds is 6. The molecule has 0 unspecified atom stereocenters. The number of halogens is 1. The monoisotopic (exact) mass is 387 g/mol. The number of carbonyl (C=O) groups excluding carboxylic acids is 1. The number of hydrogen-bond donors (Lipinski definition) is 0. The zero-order valence-electron chi connectivity index (χ0n) is 13.4. The van der Waals surface area contributed by atoms with Gasteiger partial charge in [-0.3, -0.25) is 14.1 Å². The Morgan fingerprint density at radius 1 is 1.50 bits per heavy atom. The number of unbranched alkanes of at least 4 members (excludes halogenated alkanes) is 1. The molecule has 0 aliphatic heterocycles. The molecule has 0 N–H and O–H groups in total. The molecule has 3 rings (SSSR count). The minimum atomic E-state index is -0.152. The number of aromatic nitrogens is 2. The van der Waals surface area contributed by atoms with Crippen LogP contribution in [0.15, 0.2) is 58.3 Å². The molecule has 0 radical (unpaired) electrons. The summed E-state index contributed by atoms with van der Waals surface area (Å²) in [5, 5.41) is 0. The lowest BCUT2D eigenvalue weighted by Crippen LogP contribution is -2.31. The number of pyridine rings is 1. The molecular formula is C18H18BrN3O2. The van der Waals surface area contributed by atoms with E-state index in [0.29, 0.717) is 23.8 Å². The summed E-state index contributed by atoms with van der Waals surface area (Å²) in [6.07, 6.45) is 6.71. The van der Waals surface area contributed by atoms with Gasteiger partial charge in [0.05, 0.1) is 4.47 Å². The molecule has 0 atom stereocenters. The first-order chi connectivity index (χ1) is 11.7. The second-order valence-electron chi connectivity index (χ2n) is 5.39. The number of nitrogens with zero attached hydrogens (tertiary/aromatic N) is 3. The van der Waals surface area contributed by atoms with E-state index < -0.39 is 0 Å². The van der Waals surface area contributed by atoms with Crippen LogP contribution in [0.25, 0.3) is 17.1 Å². The van der Waals surface area contributed by atoms with Crippen molar-refractivity contribution in [3.63, 3.8) is 0 Å². The van der Waals surface area contributed by atoms with Crippen LogP contribution < -0.4 is 4.90 Å². The normalized spacial score (nSPS) is 10.9. The fraction of sp³-hybridized carbons (Fsp3) is 0.222. The zero-order valence-corrected chi connectivity index (χ0v) is 15.0. The molecule has 6 heteroatoms. The van der Waals surface area contributed by atoms with E-state index >= 15 is 0 Å². The summed E-state index contributed by atoms with van der Waals surface area (Å²) < 4.78 is 8.34. The highest BCUT2D eigenvalue weighted by molar-refractivity contribution is 9.10. The standard InChI is InChI=1S/C18H18BrN3O2/c1-3-5-9-22(16(23)4-2)18-17(14-11-13(19)12-24-14)20-15-8-6-7-10-21(15)18/h4,6-8,10-12H,2-3,5,9H2,1H3. The van der Waals surface area contributed by atoms with Crippen molar-refractivity contribution in [2.45, 2.75) is 19.8 Å². The molecule has 0 aliphatic rings. The van der Waals surface area contributed by atoms with Crippen LogP contribution >= 0.6 is 15.9 Å². The number of imidazole rings is 1. The summed E-state index contributed by atoms with van der Waals surface area (Å²) in [6.45, 7) is 6.32. The lowest BCUT2D eigenvalue weighted by atomic mass is 10.2. The van der Waals surface area contributed by atoms with E-state index in [2.05, 4.69) is 34.4 Å². The molecule has 0 saturated carbocycles. The Kier molecular flexibility index (Phi) is 4.85. The predicted molar refractivity (Wildman–Crippen MR) is 98.1 cm³/mol. The van der Waals surface area contributed by atoms with E-state index in [-0.39, 0.29) is 5.91 Å². The van der Waals surface area contributed by atoms with Gasteiger partial charge in [0.1, 0.15) is 17.6 Å². The molecule has 24 heavy (non-hydrogen) atoms. The quantitative estimate of drug-likeness (QED) is 0.577. The molecule has 0 fully saturated rings. The Morgan fingerprint density at radius 2 is 2.33 bits per heavy atom. The summed E-state index contributed by atoms with van der Waals surface area (Å²) in [5.74, 6) is 1.16. The van der Waals surface area contributed by atoms with Gasteiger partial charge in [-0.05, 0) is 40.6 Å². The van der Waals surface area contributed by atoms with Crippen LogP contribution in [0.1, 0.15) is 19.8 Å². The third-order valence-corrected chi connectivity index (χ3v) is 4.15. The van der Waals surface area contributed by atoms with Gasteiger partial charge >= 0.3 is 0 Å². The van der Waals surface area contributed by atoms with Crippen LogP contribution in [-0.2, 0) is 4.79 Å². The first kappa shape index (κ1) is 16.5. The van der Waals surface area contributed by atoms with Gasteiger partial charge in [0.15, 0.2) is 11.6 Å². The van der Waals surface area contributed by atoms with Gasteiger partial charge in [0.2, 0.25) is 0 Å².